The number of carbonyl (C=O) groups excluding carboxylic acids is 2. The van der Waals surface area contributed by atoms with Crippen LogP contribution in [0.3, 0.4) is 0 Å². The number of aliphatic hydroxyl groups excluding tert-OH is 1. The van der Waals surface area contributed by atoms with Gasteiger partial charge in [0, 0.05) is 50.3 Å². The fourth-order valence-electron chi connectivity index (χ4n) is 4.47. The van der Waals surface area contributed by atoms with Crippen LogP contribution in [0.2, 0.25) is 0 Å². The molecule has 0 aliphatic carbocycles. The minimum Gasteiger partial charge on any atom is -0.393 e. The Kier molecular flexibility index (Phi) is 6.28. The fourth-order valence-corrected chi connectivity index (χ4v) is 4.47. The van der Waals surface area contributed by atoms with Crippen LogP contribution in [0.25, 0.3) is 0 Å². The number of nitrogens with one attached hydrogen (secondary N) is 1. The molecule has 0 bridgehead atoms. The number of halogens is 4. The van der Waals surface area contributed by atoms with Crippen molar-refractivity contribution in [2.24, 2.45) is 5.92 Å². The summed E-state index contributed by atoms with van der Waals surface area (Å²) in [6.45, 7) is 2.87. The molecule has 184 valence electrons. The van der Waals surface area contributed by atoms with Crippen LogP contribution in [-0.2, 0) is 25.7 Å². The van der Waals surface area contributed by atoms with Crippen molar-refractivity contribution in [3.63, 3.8) is 0 Å². The Morgan fingerprint density at radius 3 is 2.74 bits per heavy atom. The van der Waals surface area contributed by atoms with Crippen molar-refractivity contribution in [2.45, 2.75) is 45.1 Å². The van der Waals surface area contributed by atoms with Crippen LogP contribution < -0.4 is 5.32 Å². The number of anilines is 1. The molecule has 2 N–H and O–H groups in total. The molecule has 4 rings (SSSR count). The summed E-state index contributed by atoms with van der Waals surface area (Å²) >= 11 is 0. The van der Waals surface area contributed by atoms with Crippen LogP contribution in [0.1, 0.15) is 40.7 Å². The van der Waals surface area contributed by atoms with Crippen LogP contribution >= 0.6 is 0 Å². The molecular formula is C22H25F4N5O3. The lowest BCUT2D eigenvalue weighted by Crippen LogP contribution is -2.40. The maximum Gasteiger partial charge on any atom is 0.419 e. The van der Waals surface area contributed by atoms with Gasteiger partial charge in [-0.15, -0.1) is 0 Å². The molecule has 2 atom stereocenters. The van der Waals surface area contributed by atoms with E-state index in [0.717, 1.165) is 6.07 Å². The zero-order chi connectivity index (χ0) is 24.8. The smallest absolute Gasteiger partial charge is 0.393 e. The second-order valence-electron chi connectivity index (χ2n) is 8.67. The molecule has 8 nitrogen and oxygen atoms in total. The molecular weight excluding hydrogens is 458 g/mol. The maximum atomic E-state index is 13.5. The second kappa shape index (κ2) is 8.90. The Bertz CT molecular complexity index is 1120. The van der Waals surface area contributed by atoms with E-state index in [0.29, 0.717) is 55.0 Å². The van der Waals surface area contributed by atoms with E-state index >= 15 is 0 Å². The number of benzene rings is 1. The average molecular weight is 483 g/mol. The van der Waals surface area contributed by atoms with E-state index in [1.807, 2.05) is 6.92 Å². The number of hydrogen-bond acceptors (Lipinski definition) is 4. The predicted molar refractivity (Wildman–Crippen MR) is 114 cm³/mol. The molecule has 0 fully saturated rings. The van der Waals surface area contributed by atoms with E-state index in [4.69, 9.17) is 0 Å². The summed E-state index contributed by atoms with van der Waals surface area (Å²) in [5, 5.41) is 17.3. The third-order valence-corrected chi connectivity index (χ3v) is 6.34. The molecule has 1 aromatic carbocycles. The molecule has 12 heteroatoms. The highest BCUT2D eigenvalue weighted by molar-refractivity contribution is 5.95. The summed E-state index contributed by atoms with van der Waals surface area (Å²) in [4.78, 5) is 28.8. The molecule has 2 aliphatic heterocycles. The molecule has 0 saturated carbocycles. The molecule has 1 aromatic heterocycles. The van der Waals surface area contributed by atoms with Crippen molar-refractivity contribution >= 4 is 17.6 Å². The number of fused-ring (bicyclic) bond motifs is 3. The summed E-state index contributed by atoms with van der Waals surface area (Å²) < 4.78 is 54.1. The molecule has 2 aliphatic rings. The second-order valence-corrected chi connectivity index (χ2v) is 8.67. The minimum absolute atomic E-state index is 0.0460. The number of carbonyl (C=O) groups is 2. The summed E-state index contributed by atoms with van der Waals surface area (Å²) in [6.07, 6.45) is -4.59. The van der Waals surface area contributed by atoms with Gasteiger partial charge in [-0.25, -0.2) is 9.18 Å². The zero-order valence-electron chi connectivity index (χ0n) is 18.7. The highest BCUT2D eigenvalue weighted by atomic mass is 19.4. The number of hydrogen-bond donors (Lipinski definition) is 2. The van der Waals surface area contributed by atoms with E-state index < -0.39 is 29.7 Å². The molecule has 0 radical (unpaired) electrons. The molecule has 3 amide bonds. The summed E-state index contributed by atoms with van der Waals surface area (Å²) in [7, 11) is 1.65. The number of amides is 3. The zero-order valence-corrected chi connectivity index (χ0v) is 18.7. The first-order valence-corrected chi connectivity index (χ1v) is 10.9. The first-order valence-electron chi connectivity index (χ1n) is 10.9. The van der Waals surface area contributed by atoms with Crippen LogP contribution in [0.15, 0.2) is 18.2 Å². The lowest BCUT2D eigenvalue weighted by Gasteiger charge is -2.28. The van der Waals surface area contributed by atoms with E-state index in [9.17, 15) is 32.3 Å². The van der Waals surface area contributed by atoms with Crippen molar-refractivity contribution < 1.29 is 32.3 Å². The quantitative estimate of drug-likeness (QED) is 0.657. The van der Waals surface area contributed by atoms with Gasteiger partial charge in [0.25, 0.3) is 5.91 Å². The van der Waals surface area contributed by atoms with Gasteiger partial charge in [-0.2, -0.15) is 18.3 Å². The molecule has 0 saturated heterocycles. The Hall–Kier alpha value is -3.15. The Balaban J connectivity index is 1.56. The molecule has 34 heavy (non-hydrogen) atoms. The van der Waals surface area contributed by atoms with E-state index in [1.165, 1.54) is 9.80 Å². The summed E-state index contributed by atoms with van der Waals surface area (Å²) in [5.41, 5.74) is -0.0494. The van der Waals surface area contributed by atoms with Crippen molar-refractivity contribution in [3.05, 3.63) is 46.5 Å². The lowest BCUT2D eigenvalue weighted by molar-refractivity contribution is -0.139. The summed E-state index contributed by atoms with van der Waals surface area (Å²) in [6, 6.07) is 1.59. The first kappa shape index (κ1) is 24.0. The average Bonchev–Trinajstić information content (AvgIpc) is 3.08. The number of urea groups is 1. The number of aliphatic hydroxyl groups is 1. The maximum absolute atomic E-state index is 13.5. The molecule has 0 unspecified atom stereocenters. The fraction of sp³-hybridized carbons (Fsp3) is 0.500. The predicted octanol–water partition coefficient (Wildman–Crippen LogP) is 3.10. The van der Waals surface area contributed by atoms with Crippen molar-refractivity contribution in [1.82, 2.24) is 19.6 Å². The van der Waals surface area contributed by atoms with Crippen LogP contribution in [-0.4, -0.2) is 62.9 Å². The minimum atomic E-state index is -4.89. The molecule has 0 spiro atoms. The van der Waals surface area contributed by atoms with Gasteiger partial charge in [-0.3, -0.25) is 9.48 Å². The van der Waals surface area contributed by atoms with Crippen molar-refractivity contribution in [2.75, 3.05) is 25.5 Å². The third kappa shape index (κ3) is 4.46. The van der Waals surface area contributed by atoms with E-state index in [-0.39, 0.29) is 30.6 Å². The van der Waals surface area contributed by atoms with Crippen molar-refractivity contribution in [3.8, 4) is 0 Å². The van der Waals surface area contributed by atoms with E-state index in [1.54, 1.807) is 11.7 Å². The van der Waals surface area contributed by atoms with E-state index in [2.05, 4.69) is 10.4 Å². The van der Waals surface area contributed by atoms with Crippen LogP contribution in [0.4, 0.5) is 28.0 Å². The monoisotopic (exact) mass is 483 g/mol. The normalized spacial score (nSPS) is 19.4. The number of nitrogens with zero attached hydrogens (tertiary/aromatic N) is 4. The first-order chi connectivity index (χ1) is 16.0. The van der Waals surface area contributed by atoms with Crippen LogP contribution in [0, 0.1) is 11.7 Å². The lowest BCUT2D eigenvalue weighted by atomic mass is 10.0. The van der Waals surface area contributed by atoms with Gasteiger partial charge in [0.05, 0.1) is 23.9 Å². The SMILES string of the molecule is CC[C@@H](O)[C@@H]1CN(C)C(=O)c2c3c(nn2C1)CCN(C(=O)Nc1ccc(F)c(C(F)(F)F)c1)C3. The Morgan fingerprint density at radius 2 is 2.06 bits per heavy atom. The number of aromatic nitrogens is 2. The van der Waals surface area contributed by atoms with Gasteiger partial charge in [0.1, 0.15) is 11.5 Å². The van der Waals surface area contributed by atoms with Gasteiger partial charge in [0.2, 0.25) is 0 Å². The standard InChI is InChI=1S/C22H25F4N5O3/c1-3-18(32)12-9-29(2)20(33)19-14-11-30(7-6-17(14)28-31(19)10-12)21(34)27-13-4-5-16(23)15(8-13)22(24,25)26/h4-5,8,12,18,32H,3,6-7,9-11H2,1-2H3,(H,27,34)/t12-,18-/m1/s1. The Labute approximate surface area is 193 Å². The Morgan fingerprint density at radius 1 is 1.32 bits per heavy atom. The van der Waals surface area contributed by atoms with Gasteiger partial charge >= 0.3 is 12.2 Å². The van der Waals surface area contributed by atoms with Gasteiger partial charge in [0.15, 0.2) is 0 Å². The highest BCUT2D eigenvalue weighted by Crippen LogP contribution is 2.33. The van der Waals surface area contributed by atoms with Gasteiger partial charge in [-0.05, 0) is 24.6 Å². The largest absolute Gasteiger partial charge is 0.419 e. The topological polar surface area (TPSA) is 90.7 Å². The van der Waals surface area contributed by atoms with Crippen molar-refractivity contribution in [1.29, 1.82) is 0 Å². The van der Waals surface area contributed by atoms with Crippen LogP contribution in [0.5, 0.6) is 0 Å². The third-order valence-electron chi connectivity index (χ3n) is 6.34. The highest BCUT2D eigenvalue weighted by Gasteiger charge is 2.37. The molecule has 2 aromatic rings. The number of alkyl halides is 3. The van der Waals surface area contributed by atoms with Gasteiger partial charge < -0.3 is 20.2 Å². The summed E-state index contributed by atoms with van der Waals surface area (Å²) in [5.74, 6) is -1.89. The molecule has 3 heterocycles. The van der Waals surface area contributed by atoms with Gasteiger partial charge in [-0.1, -0.05) is 6.92 Å². The number of rotatable bonds is 3.